The van der Waals surface area contributed by atoms with Crippen LogP contribution in [-0.2, 0) is 13.6 Å². The molecule has 0 unspecified atom stereocenters. The first-order valence-corrected chi connectivity index (χ1v) is 13.4. The molecule has 0 radical (unpaired) electrons. The second-order valence-corrected chi connectivity index (χ2v) is 13.3. The smallest absolute Gasteiger partial charge is 0.359 e. The first-order valence-electron chi connectivity index (χ1n) is 11.9. The normalized spacial score (nSPS) is 45.0. The van der Waals surface area contributed by atoms with Crippen LogP contribution in [0.5, 0.6) is 0 Å². The zero-order chi connectivity index (χ0) is 21.9. The zero-order valence-corrected chi connectivity index (χ0v) is 20.2. The molecular weight excluding hydrogens is 402 g/mol. The predicted octanol–water partition coefficient (Wildman–Crippen LogP) is 6.55. The van der Waals surface area contributed by atoms with Crippen LogP contribution in [0.15, 0.2) is 11.1 Å². The van der Waals surface area contributed by atoms with Crippen molar-refractivity contribution in [3.63, 3.8) is 0 Å². The summed E-state index contributed by atoms with van der Waals surface area (Å²) in [6.45, 7) is 7.24. The van der Waals surface area contributed by atoms with Crippen LogP contribution in [0, 0.1) is 46.3 Å². The van der Waals surface area contributed by atoms with Crippen molar-refractivity contribution in [2.45, 2.75) is 72.1 Å². The van der Waals surface area contributed by atoms with Gasteiger partial charge in [0.15, 0.2) is 0 Å². The number of aliphatic hydroxyl groups is 1. The van der Waals surface area contributed by atoms with Crippen LogP contribution >= 0.6 is 7.60 Å². The van der Waals surface area contributed by atoms with Gasteiger partial charge in [0, 0.05) is 26.7 Å². The van der Waals surface area contributed by atoms with E-state index in [0.29, 0.717) is 41.4 Å². The zero-order valence-electron chi connectivity index (χ0n) is 19.3. The van der Waals surface area contributed by atoms with Crippen molar-refractivity contribution >= 4 is 7.60 Å². The Bertz CT molecular complexity index is 745. The fraction of sp³-hybridized carbons (Fsp3) is 0.917. The molecule has 0 aromatic heterocycles. The van der Waals surface area contributed by atoms with Crippen molar-refractivity contribution in [2.24, 2.45) is 46.3 Å². The maximum Gasteiger partial charge on any atom is 0.359 e. The number of fused-ring (bicyclic) bond motifs is 5. The molecule has 0 aromatic rings. The average molecular weight is 443 g/mol. The lowest BCUT2D eigenvalue weighted by atomic mass is 9.45. The molecule has 0 aliphatic heterocycles. The van der Waals surface area contributed by atoms with Crippen molar-refractivity contribution in [3.05, 3.63) is 11.1 Å². The van der Waals surface area contributed by atoms with Crippen LogP contribution in [0.2, 0.25) is 0 Å². The molecule has 172 valence electrons. The molecular formula is C24H40FO4P. The van der Waals surface area contributed by atoms with Gasteiger partial charge in [-0.25, -0.2) is 4.39 Å². The van der Waals surface area contributed by atoms with E-state index in [1.54, 1.807) is 0 Å². The van der Waals surface area contributed by atoms with Crippen LogP contribution in [0.4, 0.5) is 4.39 Å². The third-order valence-electron chi connectivity index (χ3n) is 10.2. The number of rotatable bonds is 5. The van der Waals surface area contributed by atoms with E-state index >= 15 is 4.39 Å². The molecule has 0 aromatic carbocycles. The summed E-state index contributed by atoms with van der Waals surface area (Å²) in [7, 11) is -0.816. The molecule has 4 aliphatic carbocycles. The van der Waals surface area contributed by atoms with E-state index in [0.717, 1.165) is 25.7 Å². The Morgan fingerprint density at radius 2 is 1.73 bits per heavy atom. The molecule has 6 heteroatoms. The third kappa shape index (κ3) is 3.13. The summed E-state index contributed by atoms with van der Waals surface area (Å²) in [4.78, 5) is 0. The molecule has 0 amide bonds. The number of allylic oxidation sites excluding steroid dienone is 2. The second-order valence-electron chi connectivity index (χ2n) is 11.1. The van der Waals surface area contributed by atoms with Crippen molar-refractivity contribution in [1.82, 2.24) is 0 Å². The summed E-state index contributed by atoms with van der Waals surface area (Å²) in [6, 6.07) is 0. The highest BCUT2D eigenvalue weighted by Gasteiger charge is 2.61. The molecule has 4 aliphatic rings. The van der Waals surface area contributed by atoms with E-state index < -0.39 is 7.60 Å². The van der Waals surface area contributed by atoms with E-state index in [1.807, 2.05) is 0 Å². The van der Waals surface area contributed by atoms with E-state index in [4.69, 9.17) is 9.05 Å². The number of halogens is 1. The van der Waals surface area contributed by atoms with Gasteiger partial charge in [0.1, 0.15) is 5.83 Å². The van der Waals surface area contributed by atoms with Gasteiger partial charge in [-0.1, -0.05) is 20.8 Å². The van der Waals surface area contributed by atoms with Crippen molar-refractivity contribution in [1.29, 1.82) is 0 Å². The van der Waals surface area contributed by atoms with Crippen LogP contribution in [-0.4, -0.2) is 25.9 Å². The van der Waals surface area contributed by atoms with Crippen LogP contribution < -0.4 is 0 Å². The minimum Gasteiger partial charge on any atom is -0.396 e. The average Bonchev–Trinajstić information content (AvgIpc) is 3.10. The Morgan fingerprint density at radius 1 is 1.07 bits per heavy atom. The first kappa shape index (κ1) is 23.0. The van der Waals surface area contributed by atoms with Gasteiger partial charge in [0.05, 0.1) is 5.31 Å². The number of aliphatic hydroxyl groups excluding tert-OH is 1. The maximum atomic E-state index is 15.7. The molecule has 1 N–H and O–H groups in total. The lowest BCUT2D eigenvalue weighted by Crippen LogP contribution is -2.53. The Labute approximate surface area is 181 Å². The highest BCUT2D eigenvalue weighted by Crippen LogP contribution is 2.71. The van der Waals surface area contributed by atoms with Gasteiger partial charge >= 0.3 is 7.60 Å². The molecule has 4 rings (SSSR count). The Morgan fingerprint density at radius 3 is 2.37 bits per heavy atom. The van der Waals surface area contributed by atoms with Crippen LogP contribution in [0.25, 0.3) is 0 Å². The molecule has 4 nitrogen and oxygen atoms in total. The Hall–Kier alpha value is -0.220. The lowest BCUT2D eigenvalue weighted by molar-refractivity contribution is -0.104. The highest BCUT2D eigenvalue weighted by molar-refractivity contribution is 7.58. The van der Waals surface area contributed by atoms with Crippen molar-refractivity contribution < 1.29 is 23.1 Å². The molecule has 0 saturated heterocycles. The minimum absolute atomic E-state index is 0.0785. The molecule has 0 heterocycles. The third-order valence-corrected chi connectivity index (χ3v) is 12.3. The summed E-state index contributed by atoms with van der Waals surface area (Å²) in [6.07, 6.45) is 8.00. The van der Waals surface area contributed by atoms with Gasteiger partial charge in [-0.2, -0.15) is 0 Å². The fourth-order valence-electron chi connectivity index (χ4n) is 8.61. The van der Waals surface area contributed by atoms with Gasteiger partial charge in [-0.3, -0.25) is 4.57 Å². The van der Waals surface area contributed by atoms with E-state index in [1.165, 1.54) is 33.5 Å². The Balaban J connectivity index is 1.63. The topological polar surface area (TPSA) is 55.8 Å². The number of hydrogen-bond donors (Lipinski definition) is 1. The van der Waals surface area contributed by atoms with E-state index in [-0.39, 0.29) is 29.1 Å². The molecule has 0 bridgehead atoms. The predicted molar refractivity (Wildman–Crippen MR) is 117 cm³/mol. The number of hydrogen-bond acceptors (Lipinski definition) is 4. The monoisotopic (exact) mass is 442 g/mol. The van der Waals surface area contributed by atoms with Crippen LogP contribution in [0.3, 0.4) is 0 Å². The summed E-state index contributed by atoms with van der Waals surface area (Å²) in [5, 5.41) is 10.1. The first-order chi connectivity index (χ1) is 14.2. The van der Waals surface area contributed by atoms with E-state index in [2.05, 4.69) is 20.8 Å². The summed E-state index contributed by atoms with van der Waals surface area (Å²) >= 11 is 0. The van der Waals surface area contributed by atoms with Gasteiger partial charge in [-0.05, 0) is 91.8 Å². The van der Waals surface area contributed by atoms with Crippen molar-refractivity contribution in [3.8, 4) is 0 Å². The van der Waals surface area contributed by atoms with Crippen molar-refractivity contribution in [2.75, 3.05) is 20.8 Å². The Kier molecular flexibility index (Phi) is 6.10. The molecule has 3 saturated carbocycles. The lowest BCUT2D eigenvalue weighted by Gasteiger charge is -2.60. The summed E-state index contributed by atoms with van der Waals surface area (Å²) in [5.74, 6) is 2.44. The SMILES string of the molecule is COP(=O)(OC)C1=C(F)[C@@H]2CC[C@@H]3[C@H](CC[C@]4(C)[C@@H]([C@H](C)CO)CC[C@@H]34)[C@@]2(C)CC1. The van der Waals surface area contributed by atoms with Gasteiger partial charge in [-0.15, -0.1) is 0 Å². The quantitative estimate of drug-likeness (QED) is 0.491. The van der Waals surface area contributed by atoms with Gasteiger partial charge in [0.25, 0.3) is 0 Å². The van der Waals surface area contributed by atoms with Gasteiger partial charge < -0.3 is 14.2 Å². The molecule has 0 spiro atoms. The largest absolute Gasteiger partial charge is 0.396 e. The molecule has 30 heavy (non-hydrogen) atoms. The second kappa shape index (κ2) is 7.97. The minimum atomic E-state index is -3.51. The molecule has 8 atom stereocenters. The molecule has 3 fully saturated rings. The van der Waals surface area contributed by atoms with Crippen LogP contribution in [0.1, 0.15) is 72.1 Å². The highest BCUT2D eigenvalue weighted by atomic mass is 31.2. The summed E-state index contributed by atoms with van der Waals surface area (Å²) < 4.78 is 39.0. The standard InChI is InChI=1S/C24H40FO4P/c1-15(14-26)17-8-9-18-16-6-7-20-22(25)21(30(27,28-4)29-5)11-13-24(20,3)19(16)10-12-23(17,18)2/h15-20,26H,6-14H2,1-5H3/t15-,16+,17-,18+,19+,20+,23-,24-/m1/s1. The maximum absolute atomic E-state index is 15.7. The van der Waals surface area contributed by atoms with Gasteiger partial charge in [0.2, 0.25) is 0 Å². The fourth-order valence-corrected chi connectivity index (χ4v) is 10.00. The van der Waals surface area contributed by atoms with E-state index in [9.17, 15) is 9.67 Å². The summed E-state index contributed by atoms with van der Waals surface area (Å²) in [5.41, 5.74) is 0.230.